The number of nitrogens with zero attached hydrogens (tertiary/aromatic N) is 5. The van der Waals surface area contributed by atoms with Crippen LogP contribution in [0, 0.1) is 22.9 Å². The zero-order chi connectivity index (χ0) is 34.0. The van der Waals surface area contributed by atoms with Crippen LogP contribution in [-0.2, 0) is 19.1 Å². The molecule has 3 amide bonds. The number of anilines is 2. The Hall–Kier alpha value is -4.14. The van der Waals surface area contributed by atoms with Crippen molar-refractivity contribution in [3.63, 3.8) is 0 Å². The first-order chi connectivity index (χ1) is 20.9. The van der Waals surface area contributed by atoms with Gasteiger partial charge in [-0.05, 0) is 80.2 Å². The van der Waals surface area contributed by atoms with E-state index in [1.165, 1.54) is 17.2 Å². The maximum absolute atomic E-state index is 15.2. The summed E-state index contributed by atoms with van der Waals surface area (Å²) in [7, 11) is 1.13. The Morgan fingerprint density at radius 3 is 2.40 bits per heavy atom. The fourth-order valence-corrected chi connectivity index (χ4v) is 5.34. The van der Waals surface area contributed by atoms with Gasteiger partial charge < -0.3 is 19.3 Å². The molecule has 1 fully saturated rings. The highest BCUT2D eigenvalue weighted by Crippen LogP contribution is 2.39. The third-order valence-electron chi connectivity index (χ3n) is 7.05. The number of benzene rings is 1. The molecule has 0 N–H and O–H groups in total. The Kier molecular flexibility index (Phi) is 10.9. The van der Waals surface area contributed by atoms with Crippen molar-refractivity contribution < 1.29 is 38.0 Å². The molecule has 0 spiro atoms. The van der Waals surface area contributed by atoms with E-state index >= 15 is 4.39 Å². The van der Waals surface area contributed by atoms with Gasteiger partial charge >= 0.3 is 18.0 Å². The number of ether oxygens (including phenoxy) is 2. The van der Waals surface area contributed by atoms with Gasteiger partial charge in [-0.25, -0.2) is 14.0 Å². The molecule has 15 heteroatoms. The Balaban J connectivity index is 2.24. The number of aromatic nitrogens is 1. The number of carbonyl (C=O) groups is 4. The zero-order valence-electron chi connectivity index (χ0n) is 26.4. The molecule has 0 saturated carbocycles. The van der Waals surface area contributed by atoms with Crippen LogP contribution < -0.4 is 4.90 Å². The Morgan fingerprint density at radius 1 is 1.20 bits per heavy atom. The fourth-order valence-electron chi connectivity index (χ4n) is 5.01. The van der Waals surface area contributed by atoms with E-state index in [1.807, 2.05) is 13.8 Å². The van der Waals surface area contributed by atoms with Crippen LogP contribution in [-0.4, -0.2) is 88.0 Å². The van der Waals surface area contributed by atoms with Crippen LogP contribution in [0.2, 0.25) is 0 Å². The predicted octanol–water partition coefficient (Wildman–Crippen LogP) is 4.98. The number of nitro groups is 1. The van der Waals surface area contributed by atoms with Crippen molar-refractivity contribution in [2.75, 3.05) is 31.6 Å². The third kappa shape index (κ3) is 7.93. The smallest absolute Gasteiger partial charge is 0.410 e. The molecular weight excluding hydrogens is 657 g/mol. The third-order valence-corrected chi connectivity index (χ3v) is 7.66. The van der Waals surface area contributed by atoms with Crippen molar-refractivity contribution in [3.05, 3.63) is 61.6 Å². The number of piperazine rings is 1. The van der Waals surface area contributed by atoms with E-state index in [4.69, 9.17) is 9.47 Å². The second-order valence-corrected chi connectivity index (χ2v) is 12.9. The minimum absolute atomic E-state index is 0.117. The number of aryl methyl sites for hydroxylation is 1. The number of rotatable bonds is 7. The highest BCUT2D eigenvalue weighted by atomic mass is 79.9. The van der Waals surface area contributed by atoms with Crippen LogP contribution in [0.4, 0.5) is 20.6 Å². The minimum atomic E-state index is -1.32. The normalized spacial score (nSPS) is 16.8. The molecule has 3 rings (SSSR count). The number of carbonyl (C=O) groups excluding carboxylic acids is 4. The molecule has 45 heavy (non-hydrogen) atoms. The lowest BCUT2D eigenvalue weighted by atomic mass is 10.0. The molecule has 2 heterocycles. The van der Waals surface area contributed by atoms with Crippen LogP contribution >= 0.6 is 15.9 Å². The fraction of sp³-hybridized carbons (Fsp3) is 0.500. The van der Waals surface area contributed by atoms with Gasteiger partial charge in [0.15, 0.2) is 0 Å². The average Bonchev–Trinajstić information content (AvgIpc) is 2.93. The van der Waals surface area contributed by atoms with Gasteiger partial charge in [0.25, 0.3) is 12.5 Å². The standard InChI is InChI=1S/C30H37BrFN5O8/c1-16(2)25-26(17(3)9-10-33-25)37(24(38)15-36(42)43)22-12-20(31)21(32)11-19(22)27(39)35-13-18(4)34(14-23(35)28(40)44-8)29(41)45-30(5,6)7/h9-12,16,18,23H,13-15H2,1-8H3/t18-,23?/m1/s1. The molecule has 0 radical (unpaired) electrons. The second-order valence-electron chi connectivity index (χ2n) is 12.0. The van der Waals surface area contributed by atoms with Crippen LogP contribution in [0.15, 0.2) is 28.9 Å². The van der Waals surface area contributed by atoms with Gasteiger partial charge in [0.2, 0.25) is 0 Å². The number of methoxy groups -OCH3 is 1. The number of amides is 3. The number of pyridine rings is 1. The van der Waals surface area contributed by atoms with Crippen LogP contribution in [0.25, 0.3) is 0 Å². The van der Waals surface area contributed by atoms with E-state index in [-0.39, 0.29) is 40.4 Å². The van der Waals surface area contributed by atoms with E-state index < -0.39 is 58.8 Å². The van der Waals surface area contributed by atoms with E-state index in [1.54, 1.807) is 40.7 Å². The highest BCUT2D eigenvalue weighted by molar-refractivity contribution is 9.10. The first kappa shape index (κ1) is 35.3. The van der Waals surface area contributed by atoms with Crippen LogP contribution in [0.1, 0.15) is 69.1 Å². The minimum Gasteiger partial charge on any atom is -0.467 e. The summed E-state index contributed by atoms with van der Waals surface area (Å²) in [6, 6.07) is 1.73. The maximum Gasteiger partial charge on any atom is 0.410 e. The molecule has 1 aliphatic rings. The van der Waals surface area contributed by atoms with Crippen molar-refractivity contribution in [3.8, 4) is 0 Å². The number of hydrogen-bond acceptors (Lipinski definition) is 9. The molecule has 1 aliphatic heterocycles. The number of halogens is 2. The molecule has 2 atom stereocenters. The average molecular weight is 695 g/mol. The topological polar surface area (TPSA) is 152 Å². The van der Waals surface area contributed by atoms with E-state index in [2.05, 4.69) is 20.9 Å². The molecule has 1 unspecified atom stereocenters. The molecule has 1 aromatic carbocycles. The Labute approximate surface area is 268 Å². The van der Waals surface area contributed by atoms with Gasteiger partial charge in [-0.1, -0.05) is 13.8 Å². The van der Waals surface area contributed by atoms with Gasteiger partial charge in [0, 0.05) is 23.7 Å². The summed E-state index contributed by atoms with van der Waals surface area (Å²) in [5, 5.41) is 11.5. The summed E-state index contributed by atoms with van der Waals surface area (Å²) in [6.45, 7) is 10.5. The predicted molar refractivity (Wildman–Crippen MR) is 165 cm³/mol. The molecule has 1 saturated heterocycles. The molecule has 0 bridgehead atoms. The summed E-state index contributed by atoms with van der Waals surface area (Å²) in [4.78, 5) is 72.5. The lowest BCUT2D eigenvalue weighted by Crippen LogP contribution is -2.63. The maximum atomic E-state index is 15.2. The summed E-state index contributed by atoms with van der Waals surface area (Å²) in [5.41, 5.74) is -0.192. The molecule has 244 valence electrons. The van der Waals surface area contributed by atoms with Crippen molar-refractivity contribution in [1.29, 1.82) is 0 Å². The molecule has 2 aromatic rings. The largest absolute Gasteiger partial charge is 0.467 e. The Bertz CT molecular complexity index is 1510. The van der Waals surface area contributed by atoms with Gasteiger partial charge in [-0.3, -0.25) is 29.6 Å². The van der Waals surface area contributed by atoms with Gasteiger partial charge in [0.1, 0.15) is 17.5 Å². The molecule has 1 aromatic heterocycles. The second kappa shape index (κ2) is 13.9. The highest BCUT2D eigenvalue weighted by Gasteiger charge is 2.44. The number of hydrogen-bond donors (Lipinski definition) is 0. The first-order valence-corrected chi connectivity index (χ1v) is 14.9. The van der Waals surface area contributed by atoms with Crippen molar-refractivity contribution >= 4 is 51.2 Å². The van der Waals surface area contributed by atoms with E-state index in [0.29, 0.717) is 11.3 Å². The van der Waals surface area contributed by atoms with Gasteiger partial charge in [-0.15, -0.1) is 0 Å². The van der Waals surface area contributed by atoms with Crippen molar-refractivity contribution in [2.24, 2.45) is 0 Å². The lowest BCUT2D eigenvalue weighted by Gasteiger charge is -2.44. The lowest BCUT2D eigenvalue weighted by molar-refractivity contribution is -0.467. The monoisotopic (exact) mass is 693 g/mol. The SMILES string of the molecule is COC(=O)C1CN(C(=O)OC(C)(C)C)[C@H](C)CN1C(=O)c1cc(F)c(Br)cc1N(C(=O)C[N+](=O)[O-])c1c(C)ccnc1C(C)C. The molecular formula is C30H37BrFN5O8. The van der Waals surface area contributed by atoms with E-state index in [9.17, 15) is 29.3 Å². The van der Waals surface area contributed by atoms with Crippen LogP contribution in [0.3, 0.4) is 0 Å². The first-order valence-electron chi connectivity index (χ1n) is 14.2. The van der Waals surface area contributed by atoms with Gasteiger partial charge in [0.05, 0.1) is 40.8 Å². The summed E-state index contributed by atoms with van der Waals surface area (Å²) < 4.78 is 25.5. The molecule has 0 aliphatic carbocycles. The Morgan fingerprint density at radius 2 is 1.84 bits per heavy atom. The van der Waals surface area contributed by atoms with Crippen molar-refractivity contribution in [2.45, 2.75) is 72.1 Å². The number of esters is 1. The quantitative estimate of drug-likeness (QED) is 0.222. The van der Waals surface area contributed by atoms with Crippen molar-refractivity contribution in [1.82, 2.24) is 14.8 Å². The van der Waals surface area contributed by atoms with E-state index in [0.717, 1.165) is 23.0 Å². The van der Waals surface area contributed by atoms with Gasteiger partial charge in [-0.2, -0.15) is 0 Å². The summed E-state index contributed by atoms with van der Waals surface area (Å²) >= 11 is 3.12. The summed E-state index contributed by atoms with van der Waals surface area (Å²) in [5.74, 6) is -3.81. The van der Waals surface area contributed by atoms with Crippen LogP contribution in [0.5, 0.6) is 0 Å². The zero-order valence-corrected chi connectivity index (χ0v) is 28.0. The molecule has 13 nitrogen and oxygen atoms in total. The summed E-state index contributed by atoms with van der Waals surface area (Å²) in [6.07, 6.45) is 0.833.